The number of aryl methyl sites for hydroxylation is 2. The Morgan fingerprint density at radius 3 is 2.54 bits per heavy atom. The lowest BCUT2D eigenvalue weighted by Gasteiger charge is -2.04. The van der Waals surface area contributed by atoms with Gasteiger partial charge in [0.25, 0.3) is 0 Å². The fraction of sp³-hybridized carbons (Fsp3) is 0.556. The third-order valence-corrected chi connectivity index (χ3v) is 1.99. The molecule has 0 spiro atoms. The lowest BCUT2D eigenvalue weighted by Crippen LogP contribution is -2.10. The number of hydrogen-bond donors (Lipinski definition) is 2. The normalized spacial score (nSPS) is 12.3. The molecule has 0 aliphatic rings. The summed E-state index contributed by atoms with van der Waals surface area (Å²) in [5.41, 5.74) is 6.84. The van der Waals surface area contributed by atoms with Gasteiger partial charge in [0.2, 0.25) is 0 Å². The highest BCUT2D eigenvalue weighted by molar-refractivity contribution is 5.85. The van der Waals surface area contributed by atoms with E-state index in [2.05, 4.69) is 0 Å². The lowest BCUT2D eigenvalue weighted by atomic mass is 10.1. The summed E-state index contributed by atoms with van der Waals surface area (Å²) in [6.07, 6.45) is 0.548. The molecule has 0 fully saturated rings. The molecule has 1 aromatic heterocycles. The Bertz CT molecular complexity index is 241. The number of furan rings is 1. The van der Waals surface area contributed by atoms with E-state index >= 15 is 0 Å². The van der Waals surface area contributed by atoms with Crippen molar-refractivity contribution in [3.05, 3.63) is 23.2 Å². The Kier molecular flexibility index (Phi) is 5.06. The predicted molar refractivity (Wildman–Crippen MR) is 54.1 cm³/mol. The zero-order valence-corrected chi connectivity index (χ0v) is 8.73. The second-order valence-electron chi connectivity index (χ2n) is 3.01. The molecule has 1 aromatic rings. The summed E-state index contributed by atoms with van der Waals surface area (Å²) in [5.74, 6) is 1.66. The second-order valence-corrected chi connectivity index (χ2v) is 3.01. The smallest absolute Gasteiger partial charge is 0.121 e. The van der Waals surface area contributed by atoms with Crippen LogP contribution in [0.5, 0.6) is 0 Å². The maximum atomic E-state index is 8.65. The summed E-state index contributed by atoms with van der Waals surface area (Å²) in [6, 6.07) is 1.75. The van der Waals surface area contributed by atoms with Crippen LogP contribution >= 0.6 is 12.4 Å². The first kappa shape index (κ1) is 12.5. The van der Waals surface area contributed by atoms with Crippen molar-refractivity contribution in [1.29, 1.82) is 0 Å². The highest BCUT2D eigenvalue weighted by atomic mass is 35.5. The molecule has 0 aromatic carbocycles. The minimum atomic E-state index is -0.178. The van der Waals surface area contributed by atoms with Gasteiger partial charge in [-0.2, -0.15) is 0 Å². The van der Waals surface area contributed by atoms with Crippen LogP contribution in [0.4, 0.5) is 0 Å². The van der Waals surface area contributed by atoms with Crippen LogP contribution in [-0.4, -0.2) is 11.7 Å². The van der Waals surface area contributed by atoms with E-state index < -0.39 is 0 Å². The molecule has 3 nitrogen and oxygen atoms in total. The van der Waals surface area contributed by atoms with E-state index in [0.29, 0.717) is 6.42 Å². The standard InChI is InChI=1S/C9H15NO2.ClH/c1-6-5-9(12-7(6)2)8(10)3-4-11;/h5,8,11H,3-4,10H2,1-2H3;1H. The van der Waals surface area contributed by atoms with Gasteiger partial charge in [0.15, 0.2) is 0 Å². The molecule has 0 bridgehead atoms. The number of hydrogen-bond acceptors (Lipinski definition) is 3. The van der Waals surface area contributed by atoms with Crippen molar-refractivity contribution in [1.82, 2.24) is 0 Å². The summed E-state index contributed by atoms with van der Waals surface area (Å²) in [7, 11) is 0. The van der Waals surface area contributed by atoms with Gasteiger partial charge in [0.05, 0.1) is 6.04 Å². The Morgan fingerprint density at radius 1 is 1.54 bits per heavy atom. The molecule has 0 saturated heterocycles. The van der Waals surface area contributed by atoms with Crippen molar-refractivity contribution in [2.75, 3.05) is 6.61 Å². The van der Waals surface area contributed by atoms with E-state index in [-0.39, 0.29) is 25.1 Å². The largest absolute Gasteiger partial charge is 0.464 e. The van der Waals surface area contributed by atoms with Gasteiger partial charge in [-0.1, -0.05) is 0 Å². The van der Waals surface area contributed by atoms with Gasteiger partial charge >= 0.3 is 0 Å². The van der Waals surface area contributed by atoms with E-state index in [1.807, 2.05) is 19.9 Å². The first-order valence-electron chi connectivity index (χ1n) is 4.08. The van der Waals surface area contributed by atoms with E-state index in [4.69, 9.17) is 15.3 Å². The van der Waals surface area contributed by atoms with E-state index in [1.54, 1.807) is 0 Å². The molecule has 76 valence electrons. The molecule has 3 N–H and O–H groups in total. The summed E-state index contributed by atoms with van der Waals surface area (Å²) in [4.78, 5) is 0. The van der Waals surface area contributed by atoms with Crippen molar-refractivity contribution in [2.45, 2.75) is 26.3 Å². The SMILES string of the molecule is Cc1cc(C(N)CCO)oc1C.Cl. The van der Waals surface area contributed by atoms with Crippen molar-refractivity contribution in [3.8, 4) is 0 Å². The average Bonchev–Trinajstić information content (AvgIpc) is 2.33. The molecule has 0 radical (unpaired) electrons. The topological polar surface area (TPSA) is 59.4 Å². The Labute approximate surface area is 84.3 Å². The molecule has 4 heteroatoms. The summed E-state index contributed by atoms with van der Waals surface area (Å²) in [6.45, 7) is 3.98. The van der Waals surface area contributed by atoms with Crippen LogP contribution in [0.2, 0.25) is 0 Å². The van der Waals surface area contributed by atoms with E-state index in [1.165, 1.54) is 0 Å². The molecule has 1 heterocycles. The van der Waals surface area contributed by atoms with Gasteiger partial charge in [0, 0.05) is 6.61 Å². The van der Waals surface area contributed by atoms with Crippen molar-refractivity contribution in [3.63, 3.8) is 0 Å². The van der Waals surface area contributed by atoms with Crippen molar-refractivity contribution in [2.24, 2.45) is 5.73 Å². The van der Waals surface area contributed by atoms with Gasteiger partial charge < -0.3 is 15.3 Å². The number of rotatable bonds is 3. The predicted octanol–water partition coefficient (Wildman–Crippen LogP) is 1.70. The third-order valence-electron chi connectivity index (χ3n) is 1.99. The summed E-state index contributed by atoms with van der Waals surface area (Å²) in [5, 5.41) is 8.65. The Morgan fingerprint density at radius 2 is 2.15 bits per heavy atom. The fourth-order valence-corrected chi connectivity index (χ4v) is 1.07. The molecule has 1 unspecified atom stereocenters. The van der Waals surface area contributed by atoms with Gasteiger partial charge in [-0.3, -0.25) is 0 Å². The molecular formula is C9H16ClNO2. The first-order chi connectivity index (χ1) is 5.65. The highest BCUT2D eigenvalue weighted by Crippen LogP contribution is 2.20. The number of halogens is 1. The van der Waals surface area contributed by atoms with Crippen LogP contribution in [0, 0.1) is 13.8 Å². The number of aliphatic hydroxyl groups is 1. The zero-order valence-electron chi connectivity index (χ0n) is 7.91. The van der Waals surface area contributed by atoms with Gasteiger partial charge in [-0.15, -0.1) is 12.4 Å². The lowest BCUT2D eigenvalue weighted by molar-refractivity contribution is 0.268. The van der Waals surface area contributed by atoms with Crippen LogP contribution in [-0.2, 0) is 0 Å². The average molecular weight is 206 g/mol. The Balaban J connectivity index is 0.00000144. The van der Waals surface area contributed by atoms with E-state index in [9.17, 15) is 0 Å². The molecule has 0 saturated carbocycles. The van der Waals surface area contributed by atoms with Crippen molar-refractivity contribution >= 4 is 12.4 Å². The highest BCUT2D eigenvalue weighted by Gasteiger charge is 2.10. The van der Waals surface area contributed by atoms with Gasteiger partial charge in [-0.05, 0) is 31.9 Å². The van der Waals surface area contributed by atoms with Gasteiger partial charge in [0.1, 0.15) is 11.5 Å². The first-order valence-corrected chi connectivity index (χ1v) is 4.08. The minimum Gasteiger partial charge on any atom is -0.464 e. The maximum Gasteiger partial charge on any atom is 0.121 e. The number of aliphatic hydroxyl groups excluding tert-OH is 1. The molecule has 0 aliphatic carbocycles. The number of nitrogens with two attached hydrogens (primary N) is 1. The van der Waals surface area contributed by atoms with Gasteiger partial charge in [-0.25, -0.2) is 0 Å². The van der Waals surface area contributed by atoms with Crippen LogP contribution in [0.3, 0.4) is 0 Å². The van der Waals surface area contributed by atoms with Crippen LogP contribution in [0.1, 0.15) is 29.5 Å². The maximum absolute atomic E-state index is 8.65. The minimum absolute atomic E-state index is 0. The van der Waals surface area contributed by atoms with Crippen LogP contribution in [0.25, 0.3) is 0 Å². The molecule has 0 amide bonds. The monoisotopic (exact) mass is 205 g/mol. The molecule has 13 heavy (non-hydrogen) atoms. The van der Waals surface area contributed by atoms with E-state index in [0.717, 1.165) is 17.1 Å². The molecular weight excluding hydrogens is 190 g/mol. The van der Waals surface area contributed by atoms with Crippen LogP contribution < -0.4 is 5.73 Å². The fourth-order valence-electron chi connectivity index (χ4n) is 1.07. The third kappa shape index (κ3) is 3.03. The Hall–Kier alpha value is -0.510. The molecule has 1 rings (SSSR count). The van der Waals surface area contributed by atoms with Crippen LogP contribution in [0.15, 0.2) is 10.5 Å². The quantitative estimate of drug-likeness (QED) is 0.790. The van der Waals surface area contributed by atoms with Crippen molar-refractivity contribution < 1.29 is 9.52 Å². The summed E-state index contributed by atoms with van der Waals surface area (Å²) >= 11 is 0. The zero-order chi connectivity index (χ0) is 9.14. The molecule has 1 atom stereocenters. The second kappa shape index (κ2) is 5.27. The summed E-state index contributed by atoms with van der Waals surface area (Å²) < 4.78 is 5.39. The molecule has 0 aliphatic heterocycles.